The van der Waals surface area contributed by atoms with Gasteiger partial charge in [-0.05, 0) is 25.0 Å². The minimum Gasteiger partial charge on any atom is -0.478 e. The number of amides is 1. The number of hydrogen-bond acceptors (Lipinski definition) is 5. The van der Waals surface area contributed by atoms with Gasteiger partial charge in [-0.1, -0.05) is 0 Å². The molecule has 1 aliphatic heterocycles. The Balaban J connectivity index is 1.83. The third-order valence-electron chi connectivity index (χ3n) is 3.95. The van der Waals surface area contributed by atoms with E-state index in [1.165, 1.54) is 18.6 Å². The standard InChI is InChI=1S/C16H16N4O3/c1-10-12(16(22)23)8-11-2-6-20(7-3-13(11)19-10)15(21)14-9-17-4-5-18-14/h4-5,8-9H,2-3,6-7H2,1H3,(H,22,23). The molecule has 7 nitrogen and oxygen atoms in total. The van der Waals surface area contributed by atoms with Gasteiger partial charge in [0.2, 0.25) is 0 Å². The Morgan fingerprint density at radius 1 is 1.22 bits per heavy atom. The van der Waals surface area contributed by atoms with Gasteiger partial charge in [-0.25, -0.2) is 9.78 Å². The largest absolute Gasteiger partial charge is 0.478 e. The molecule has 0 aromatic carbocycles. The Kier molecular flexibility index (Phi) is 4.01. The van der Waals surface area contributed by atoms with E-state index in [-0.39, 0.29) is 11.5 Å². The number of carbonyl (C=O) groups is 2. The normalized spacial score (nSPS) is 14.0. The van der Waals surface area contributed by atoms with Crippen molar-refractivity contribution in [2.24, 2.45) is 0 Å². The van der Waals surface area contributed by atoms with Gasteiger partial charge < -0.3 is 10.0 Å². The summed E-state index contributed by atoms with van der Waals surface area (Å²) in [5, 5.41) is 9.21. The van der Waals surface area contributed by atoms with Gasteiger partial charge in [-0.15, -0.1) is 0 Å². The molecular formula is C16H16N4O3. The van der Waals surface area contributed by atoms with Crippen LogP contribution in [-0.4, -0.2) is 49.9 Å². The van der Waals surface area contributed by atoms with Crippen LogP contribution in [0.3, 0.4) is 0 Å². The van der Waals surface area contributed by atoms with E-state index < -0.39 is 5.97 Å². The lowest BCUT2D eigenvalue weighted by Gasteiger charge is -2.19. The van der Waals surface area contributed by atoms with Crippen molar-refractivity contribution in [2.45, 2.75) is 19.8 Å². The number of carboxylic acids is 1. The SMILES string of the molecule is Cc1nc2c(cc1C(=O)O)CCN(C(=O)c1cnccn1)CC2. The van der Waals surface area contributed by atoms with Crippen molar-refractivity contribution in [1.82, 2.24) is 19.9 Å². The van der Waals surface area contributed by atoms with Gasteiger partial charge in [0.15, 0.2) is 0 Å². The summed E-state index contributed by atoms with van der Waals surface area (Å²) < 4.78 is 0. The fraction of sp³-hybridized carbons (Fsp3) is 0.312. The zero-order valence-corrected chi connectivity index (χ0v) is 12.7. The molecule has 0 unspecified atom stereocenters. The van der Waals surface area contributed by atoms with Crippen LogP contribution in [0.25, 0.3) is 0 Å². The van der Waals surface area contributed by atoms with Crippen LogP contribution < -0.4 is 0 Å². The molecule has 3 rings (SSSR count). The molecule has 0 radical (unpaired) electrons. The highest BCUT2D eigenvalue weighted by Crippen LogP contribution is 2.19. The summed E-state index contributed by atoms with van der Waals surface area (Å²) in [5.41, 5.74) is 2.79. The molecule has 3 heterocycles. The lowest BCUT2D eigenvalue weighted by atomic mass is 10.0. The van der Waals surface area contributed by atoms with Crippen molar-refractivity contribution >= 4 is 11.9 Å². The Labute approximate surface area is 133 Å². The van der Waals surface area contributed by atoms with Crippen molar-refractivity contribution in [3.05, 3.63) is 52.9 Å². The molecule has 0 atom stereocenters. The fourth-order valence-electron chi connectivity index (χ4n) is 2.73. The van der Waals surface area contributed by atoms with Crippen LogP contribution in [0.15, 0.2) is 24.7 Å². The first-order valence-electron chi connectivity index (χ1n) is 7.34. The van der Waals surface area contributed by atoms with Gasteiger partial charge in [0.05, 0.1) is 17.5 Å². The molecule has 1 N–H and O–H groups in total. The van der Waals surface area contributed by atoms with Crippen molar-refractivity contribution in [1.29, 1.82) is 0 Å². The lowest BCUT2D eigenvalue weighted by Crippen LogP contribution is -2.33. The van der Waals surface area contributed by atoms with Crippen LogP contribution in [0.4, 0.5) is 0 Å². The number of aromatic nitrogens is 3. The summed E-state index contributed by atoms with van der Waals surface area (Å²) in [4.78, 5) is 37.8. The van der Waals surface area contributed by atoms with Crippen LogP contribution >= 0.6 is 0 Å². The van der Waals surface area contributed by atoms with Gasteiger partial charge in [0.25, 0.3) is 5.91 Å². The van der Waals surface area contributed by atoms with Crippen molar-refractivity contribution in [3.8, 4) is 0 Å². The average molecular weight is 312 g/mol. The second-order valence-electron chi connectivity index (χ2n) is 5.42. The number of aryl methyl sites for hydroxylation is 1. The minimum atomic E-state index is -0.977. The maximum atomic E-state index is 12.5. The predicted octanol–water partition coefficient (Wildman–Crippen LogP) is 1.12. The van der Waals surface area contributed by atoms with Crippen molar-refractivity contribution in [3.63, 3.8) is 0 Å². The van der Waals surface area contributed by atoms with Gasteiger partial charge in [-0.3, -0.25) is 14.8 Å². The number of hydrogen-bond donors (Lipinski definition) is 1. The molecule has 1 aliphatic rings. The van der Waals surface area contributed by atoms with E-state index in [4.69, 9.17) is 0 Å². The molecule has 0 spiro atoms. The zero-order chi connectivity index (χ0) is 16.4. The first-order chi connectivity index (χ1) is 11.1. The predicted molar refractivity (Wildman–Crippen MR) is 81.3 cm³/mol. The highest BCUT2D eigenvalue weighted by atomic mass is 16.4. The minimum absolute atomic E-state index is 0.166. The summed E-state index contributed by atoms with van der Waals surface area (Å²) in [6, 6.07) is 1.68. The number of carboxylic acid groups (broad SMARTS) is 1. The Hall–Kier alpha value is -2.83. The highest BCUT2D eigenvalue weighted by molar-refractivity contribution is 5.92. The molecular weight excluding hydrogens is 296 g/mol. The maximum Gasteiger partial charge on any atom is 0.337 e. The number of aromatic carboxylic acids is 1. The Morgan fingerprint density at radius 3 is 2.70 bits per heavy atom. The maximum absolute atomic E-state index is 12.5. The molecule has 0 saturated carbocycles. The molecule has 2 aromatic rings. The average Bonchev–Trinajstić information content (AvgIpc) is 2.76. The van der Waals surface area contributed by atoms with Crippen LogP contribution in [0, 0.1) is 6.92 Å². The Bertz CT molecular complexity index is 761. The van der Waals surface area contributed by atoms with Gasteiger partial charge >= 0.3 is 5.97 Å². The molecule has 0 fully saturated rings. The molecule has 0 bridgehead atoms. The molecule has 0 saturated heterocycles. The molecule has 0 aliphatic carbocycles. The summed E-state index contributed by atoms with van der Waals surface area (Å²) >= 11 is 0. The second kappa shape index (κ2) is 6.12. The highest BCUT2D eigenvalue weighted by Gasteiger charge is 2.23. The first-order valence-corrected chi connectivity index (χ1v) is 7.34. The molecule has 7 heteroatoms. The van der Waals surface area contributed by atoms with E-state index in [2.05, 4.69) is 15.0 Å². The molecule has 118 valence electrons. The van der Waals surface area contributed by atoms with E-state index in [0.29, 0.717) is 37.3 Å². The van der Waals surface area contributed by atoms with Crippen molar-refractivity contribution < 1.29 is 14.7 Å². The monoisotopic (exact) mass is 312 g/mol. The molecule has 1 amide bonds. The van der Waals surface area contributed by atoms with Crippen LogP contribution in [0.2, 0.25) is 0 Å². The van der Waals surface area contributed by atoms with E-state index >= 15 is 0 Å². The molecule has 2 aromatic heterocycles. The lowest BCUT2D eigenvalue weighted by molar-refractivity contribution is 0.0694. The number of pyridine rings is 1. The van der Waals surface area contributed by atoms with Gasteiger partial charge in [0, 0.05) is 37.6 Å². The number of carbonyl (C=O) groups excluding carboxylic acids is 1. The van der Waals surface area contributed by atoms with Crippen molar-refractivity contribution in [2.75, 3.05) is 13.1 Å². The zero-order valence-electron chi connectivity index (χ0n) is 12.7. The first kappa shape index (κ1) is 15.1. The summed E-state index contributed by atoms with van der Waals surface area (Å²) in [6.07, 6.45) is 5.64. The molecule has 23 heavy (non-hydrogen) atoms. The van der Waals surface area contributed by atoms with Gasteiger partial charge in [-0.2, -0.15) is 0 Å². The Morgan fingerprint density at radius 2 is 2.00 bits per heavy atom. The number of fused-ring (bicyclic) bond motifs is 1. The third kappa shape index (κ3) is 3.03. The number of nitrogens with zero attached hydrogens (tertiary/aromatic N) is 4. The second-order valence-corrected chi connectivity index (χ2v) is 5.42. The summed E-state index contributed by atoms with van der Waals surface area (Å²) in [7, 11) is 0. The summed E-state index contributed by atoms with van der Waals surface area (Å²) in [5.74, 6) is -1.14. The van der Waals surface area contributed by atoms with E-state index in [1.807, 2.05) is 0 Å². The van der Waals surface area contributed by atoms with E-state index in [0.717, 1.165) is 11.3 Å². The van der Waals surface area contributed by atoms with E-state index in [9.17, 15) is 14.7 Å². The number of rotatable bonds is 2. The summed E-state index contributed by atoms with van der Waals surface area (Å²) in [6.45, 7) is 2.73. The quantitative estimate of drug-likeness (QED) is 0.892. The third-order valence-corrected chi connectivity index (χ3v) is 3.95. The van der Waals surface area contributed by atoms with Gasteiger partial charge in [0.1, 0.15) is 5.69 Å². The fourth-order valence-corrected chi connectivity index (χ4v) is 2.73. The van der Waals surface area contributed by atoms with Crippen LogP contribution in [0.5, 0.6) is 0 Å². The van der Waals surface area contributed by atoms with E-state index in [1.54, 1.807) is 17.9 Å². The van der Waals surface area contributed by atoms with Crippen LogP contribution in [0.1, 0.15) is 37.8 Å². The topological polar surface area (TPSA) is 96.3 Å². The van der Waals surface area contributed by atoms with Crippen LogP contribution in [-0.2, 0) is 12.8 Å². The smallest absolute Gasteiger partial charge is 0.337 e.